The van der Waals surface area contributed by atoms with E-state index in [1.165, 1.54) is 6.33 Å². The first-order valence-electron chi connectivity index (χ1n) is 6.29. The van der Waals surface area contributed by atoms with Gasteiger partial charge in [-0.3, -0.25) is 20.4 Å². The summed E-state index contributed by atoms with van der Waals surface area (Å²) >= 11 is 0. The van der Waals surface area contributed by atoms with E-state index in [1.807, 2.05) is 0 Å². The van der Waals surface area contributed by atoms with Gasteiger partial charge in [0.15, 0.2) is 0 Å². The van der Waals surface area contributed by atoms with E-state index in [-0.39, 0.29) is 17.7 Å². The summed E-state index contributed by atoms with van der Waals surface area (Å²) in [6.07, 6.45) is 4.81. The lowest BCUT2D eigenvalue weighted by Crippen LogP contribution is -2.42. The molecule has 1 saturated carbocycles. The highest BCUT2D eigenvalue weighted by atomic mass is 16.2. The highest BCUT2D eigenvalue weighted by molar-refractivity contribution is 5.95. The minimum Gasteiger partial charge on any atom is -0.273 e. The van der Waals surface area contributed by atoms with Crippen molar-refractivity contribution < 1.29 is 9.59 Å². The second-order valence-corrected chi connectivity index (χ2v) is 4.60. The smallest absolute Gasteiger partial charge is 0.269 e. The van der Waals surface area contributed by atoms with Crippen molar-refractivity contribution in [3.63, 3.8) is 0 Å². The van der Waals surface area contributed by atoms with Crippen LogP contribution in [-0.4, -0.2) is 26.6 Å². The fraction of sp³-hybridized carbons (Fsp3) is 0.231. The SMILES string of the molecule is O=C(NNC(=O)C1CC1)c1ccc(-n2cncn2)cc1. The molecule has 1 fully saturated rings. The van der Waals surface area contributed by atoms with Crippen LogP contribution in [0.4, 0.5) is 0 Å². The van der Waals surface area contributed by atoms with Crippen LogP contribution in [0.2, 0.25) is 0 Å². The largest absolute Gasteiger partial charge is 0.273 e. The summed E-state index contributed by atoms with van der Waals surface area (Å²) in [5.41, 5.74) is 6.09. The first-order chi connectivity index (χ1) is 9.74. The van der Waals surface area contributed by atoms with Crippen molar-refractivity contribution in [2.24, 2.45) is 5.92 Å². The second kappa shape index (κ2) is 5.12. The maximum Gasteiger partial charge on any atom is 0.269 e. The van der Waals surface area contributed by atoms with Crippen LogP contribution < -0.4 is 10.9 Å². The molecular weight excluding hydrogens is 258 g/mol. The zero-order valence-corrected chi connectivity index (χ0v) is 10.6. The van der Waals surface area contributed by atoms with Crippen LogP contribution >= 0.6 is 0 Å². The fourth-order valence-electron chi connectivity index (χ4n) is 1.75. The topological polar surface area (TPSA) is 88.9 Å². The van der Waals surface area contributed by atoms with E-state index in [9.17, 15) is 9.59 Å². The van der Waals surface area contributed by atoms with Gasteiger partial charge < -0.3 is 0 Å². The Morgan fingerprint density at radius 2 is 1.90 bits per heavy atom. The molecule has 2 N–H and O–H groups in total. The summed E-state index contributed by atoms with van der Waals surface area (Å²) in [4.78, 5) is 27.1. The number of amides is 2. The lowest BCUT2D eigenvalue weighted by molar-refractivity contribution is -0.123. The van der Waals surface area contributed by atoms with E-state index in [0.717, 1.165) is 18.5 Å². The maximum absolute atomic E-state index is 11.8. The molecule has 0 radical (unpaired) electrons. The van der Waals surface area contributed by atoms with Crippen molar-refractivity contribution in [1.29, 1.82) is 0 Å². The highest BCUT2D eigenvalue weighted by Gasteiger charge is 2.29. The van der Waals surface area contributed by atoms with E-state index in [2.05, 4.69) is 20.9 Å². The number of nitrogens with zero attached hydrogens (tertiary/aromatic N) is 3. The molecule has 0 aliphatic heterocycles. The lowest BCUT2D eigenvalue weighted by atomic mass is 10.2. The molecule has 0 atom stereocenters. The quantitative estimate of drug-likeness (QED) is 0.793. The van der Waals surface area contributed by atoms with Crippen molar-refractivity contribution >= 4 is 11.8 Å². The molecule has 102 valence electrons. The number of rotatable bonds is 3. The Hall–Kier alpha value is -2.70. The van der Waals surface area contributed by atoms with Gasteiger partial charge in [0.2, 0.25) is 5.91 Å². The molecule has 1 heterocycles. The Balaban J connectivity index is 1.61. The number of carbonyl (C=O) groups is 2. The Kier molecular flexibility index (Phi) is 3.16. The Morgan fingerprint density at radius 3 is 2.50 bits per heavy atom. The van der Waals surface area contributed by atoms with Gasteiger partial charge in [0, 0.05) is 11.5 Å². The summed E-state index contributed by atoms with van der Waals surface area (Å²) < 4.78 is 1.59. The predicted molar refractivity (Wildman–Crippen MR) is 69.7 cm³/mol. The summed E-state index contributed by atoms with van der Waals surface area (Å²) in [5, 5.41) is 3.99. The van der Waals surface area contributed by atoms with Gasteiger partial charge in [0.05, 0.1) is 5.69 Å². The molecule has 0 bridgehead atoms. The van der Waals surface area contributed by atoms with E-state index in [0.29, 0.717) is 5.56 Å². The number of carbonyl (C=O) groups excluding carboxylic acids is 2. The molecule has 1 aromatic carbocycles. The van der Waals surface area contributed by atoms with Crippen LogP contribution in [0.5, 0.6) is 0 Å². The van der Waals surface area contributed by atoms with Crippen molar-refractivity contribution in [2.75, 3.05) is 0 Å². The summed E-state index contributed by atoms with van der Waals surface area (Å²) in [7, 11) is 0. The summed E-state index contributed by atoms with van der Waals surface area (Å²) in [6, 6.07) is 6.84. The molecule has 20 heavy (non-hydrogen) atoms. The van der Waals surface area contributed by atoms with E-state index < -0.39 is 0 Å². The van der Waals surface area contributed by atoms with Crippen molar-refractivity contribution in [1.82, 2.24) is 25.6 Å². The van der Waals surface area contributed by atoms with Gasteiger partial charge in [-0.1, -0.05) is 0 Å². The van der Waals surface area contributed by atoms with Crippen molar-refractivity contribution in [3.05, 3.63) is 42.5 Å². The third-order valence-corrected chi connectivity index (χ3v) is 3.06. The molecule has 2 amide bonds. The van der Waals surface area contributed by atoms with Crippen LogP contribution in [0.25, 0.3) is 5.69 Å². The standard InChI is InChI=1S/C13H13N5O2/c19-12(9-1-2-9)16-17-13(20)10-3-5-11(6-4-10)18-8-14-7-15-18/h3-9H,1-2H2,(H,16,19)(H,17,20). The third kappa shape index (κ3) is 2.66. The molecule has 1 aliphatic rings. The van der Waals surface area contributed by atoms with Crippen LogP contribution in [0.15, 0.2) is 36.9 Å². The molecular formula is C13H13N5O2. The van der Waals surface area contributed by atoms with Crippen LogP contribution in [0.1, 0.15) is 23.2 Å². The van der Waals surface area contributed by atoms with E-state index in [4.69, 9.17) is 0 Å². The molecule has 1 aromatic heterocycles. The van der Waals surface area contributed by atoms with Crippen molar-refractivity contribution in [3.8, 4) is 5.69 Å². The number of benzene rings is 1. The first kappa shape index (κ1) is 12.3. The third-order valence-electron chi connectivity index (χ3n) is 3.06. The molecule has 0 spiro atoms. The number of hydrazine groups is 1. The average molecular weight is 271 g/mol. The summed E-state index contributed by atoms with van der Waals surface area (Å²) in [6.45, 7) is 0. The maximum atomic E-state index is 11.8. The van der Waals surface area contributed by atoms with Gasteiger partial charge >= 0.3 is 0 Å². The molecule has 2 aromatic rings. The van der Waals surface area contributed by atoms with Gasteiger partial charge in [-0.15, -0.1) is 0 Å². The van der Waals surface area contributed by atoms with Gasteiger partial charge in [0.1, 0.15) is 12.7 Å². The van der Waals surface area contributed by atoms with Gasteiger partial charge in [0.25, 0.3) is 5.91 Å². The van der Waals surface area contributed by atoms with Gasteiger partial charge in [-0.05, 0) is 37.1 Å². The zero-order valence-electron chi connectivity index (χ0n) is 10.6. The fourth-order valence-corrected chi connectivity index (χ4v) is 1.75. The first-order valence-corrected chi connectivity index (χ1v) is 6.29. The van der Waals surface area contributed by atoms with Gasteiger partial charge in [-0.25, -0.2) is 9.67 Å². The minimum atomic E-state index is -0.343. The highest BCUT2D eigenvalue weighted by Crippen LogP contribution is 2.28. The molecule has 7 nitrogen and oxygen atoms in total. The molecule has 0 unspecified atom stereocenters. The van der Waals surface area contributed by atoms with Crippen molar-refractivity contribution in [2.45, 2.75) is 12.8 Å². The second-order valence-electron chi connectivity index (χ2n) is 4.60. The summed E-state index contributed by atoms with van der Waals surface area (Å²) in [5.74, 6) is -0.410. The van der Waals surface area contributed by atoms with E-state index in [1.54, 1.807) is 35.3 Å². The lowest BCUT2D eigenvalue weighted by Gasteiger charge is -2.07. The number of aromatic nitrogens is 3. The molecule has 0 saturated heterocycles. The van der Waals surface area contributed by atoms with Crippen LogP contribution in [0, 0.1) is 5.92 Å². The van der Waals surface area contributed by atoms with Crippen LogP contribution in [-0.2, 0) is 4.79 Å². The minimum absolute atomic E-state index is 0.0602. The molecule has 1 aliphatic carbocycles. The van der Waals surface area contributed by atoms with Gasteiger partial charge in [-0.2, -0.15) is 5.10 Å². The Bertz CT molecular complexity index is 617. The predicted octanol–water partition coefficient (Wildman–Crippen LogP) is 0.438. The van der Waals surface area contributed by atoms with E-state index >= 15 is 0 Å². The number of hydrogen-bond acceptors (Lipinski definition) is 4. The normalized spacial score (nSPS) is 13.8. The average Bonchev–Trinajstić information content (AvgIpc) is 3.19. The number of nitrogens with one attached hydrogen (secondary N) is 2. The monoisotopic (exact) mass is 271 g/mol. The number of hydrogen-bond donors (Lipinski definition) is 2. The Morgan fingerprint density at radius 1 is 1.15 bits per heavy atom. The molecule has 7 heteroatoms. The molecule has 3 rings (SSSR count). The van der Waals surface area contributed by atoms with Crippen LogP contribution in [0.3, 0.4) is 0 Å². The Labute approximate surface area is 115 Å². The zero-order chi connectivity index (χ0) is 13.9.